The largest absolute Gasteiger partial charge is 0.363 e. The fourth-order valence-electron chi connectivity index (χ4n) is 3.63. The molecular formula is C16H21BrF2N2. The smallest absolute Gasteiger partial charge is 0.149 e. The number of piperazine rings is 1. The van der Waals surface area contributed by atoms with E-state index in [1.807, 2.05) is 0 Å². The SMILES string of the molecule is CC1CNC2(CCCCC2)CN1c1cc(Br)c(F)cc1F. The Morgan fingerprint density at radius 2 is 1.90 bits per heavy atom. The summed E-state index contributed by atoms with van der Waals surface area (Å²) in [6.45, 7) is 3.72. The number of hydrogen-bond acceptors (Lipinski definition) is 2. The monoisotopic (exact) mass is 358 g/mol. The summed E-state index contributed by atoms with van der Waals surface area (Å²) in [5.74, 6) is -1.03. The highest BCUT2D eigenvalue weighted by Gasteiger charge is 2.39. The summed E-state index contributed by atoms with van der Waals surface area (Å²) in [6, 6.07) is 2.74. The van der Waals surface area contributed by atoms with Gasteiger partial charge in [0, 0.05) is 30.7 Å². The van der Waals surface area contributed by atoms with Gasteiger partial charge in [-0.25, -0.2) is 8.78 Å². The maximum absolute atomic E-state index is 14.2. The fourth-order valence-corrected chi connectivity index (χ4v) is 3.96. The van der Waals surface area contributed by atoms with Crippen molar-refractivity contribution >= 4 is 21.6 Å². The van der Waals surface area contributed by atoms with Gasteiger partial charge >= 0.3 is 0 Å². The Morgan fingerprint density at radius 3 is 2.62 bits per heavy atom. The molecule has 5 heteroatoms. The third kappa shape index (κ3) is 2.95. The Hall–Kier alpha value is -0.680. The minimum atomic E-state index is -0.550. The first kappa shape index (κ1) is 15.2. The van der Waals surface area contributed by atoms with E-state index >= 15 is 0 Å². The number of rotatable bonds is 1. The zero-order chi connectivity index (χ0) is 15.0. The average molecular weight is 359 g/mol. The van der Waals surface area contributed by atoms with Crippen LogP contribution in [0.5, 0.6) is 0 Å². The van der Waals surface area contributed by atoms with Crippen LogP contribution in [0.25, 0.3) is 0 Å². The molecule has 1 saturated carbocycles. The van der Waals surface area contributed by atoms with Gasteiger partial charge in [0.25, 0.3) is 0 Å². The molecule has 1 aromatic rings. The topological polar surface area (TPSA) is 15.3 Å². The molecule has 3 rings (SSSR count). The Morgan fingerprint density at radius 1 is 1.19 bits per heavy atom. The van der Waals surface area contributed by atoms with Gasteiger partial charge in [-0.15, -0.1) is 0 Å². The molecule has 1 aliphatic heterocycles. The van der Waals surface area contributed by atoms with Gasteiger partial charge in [-0.1, -0.05) is 19.3 Å². The van der Waals surface area contributed by atoms with Gasteiger partial charge in [-0.05, 0) is 41.8 Å². The number of anilines is 1. The lowest BCUT2D eigenvalue weighted by atomic mass is 9.79. The summed E-state index contributed by atoms with van der Waals surface area (Å²) in [6.07, 6.45) is 6.02. The number of nitrogens with zero attached hydrogens (tertiary/aromatic N) is 1. The molecule has 1 spiro atoms. The Bertz CT molecular complexity index is 529. The fraction of sp³-hybridized carbons (Fsp3) is 0.625. The van der Waals surface area contributed by atoms with Crippen LogP contribution in [0.2, 0.25) is 0 Å². The predicted octanol–water partition coefficient (Wildman–Crippen LogP) is 4.23. The van der Waals surface area contributed by atoms with Gasteiger partial charge < -0.3 is 10.2 Å². The second-order valence-corrected chi connectivity index (χ2v) is 7.27. The van der Waals surface area contributed by atoms with Crippen molar-refractivity contribution in [3.05, 3.63) is 28.2 Å². The summed E-state index contributed by atoms with van der Waals surface area (Å²) >= 11 is 3.17. The second kappa shape index (κ2) is 5.84. The maximum atomic E-state index is 14.2. The zero-order valence-electron chi connectivity index (χ0n) is 12.3. The summed E-state index contributed by atoms with van der Waals surface area (Å²) in [7, 11) is 0. The third-order valence-electron chi connectivity index (χ3n) is 4.89. The number of nitrogens with one attached hydrogen (secondary N) is 1. The molecule has 0 amide bonds. The zero-order valence-corrected chi connectivity index (χ0v) is 13.8. The summed E-state index contributed by atoms with van der Waals surface area (Å²) in [5, 5.41) is 3.68. The molecule has 0 bridgehead atoms. The minimum absolute atomic E-state index is 0.0953. The van der Waals surface area contributed by atoms with Crippen molar-refractivity contribution < 1.29 is 8.78 Å². The number of hydrogen-bond donors (Lipinski definition) is 1. The molecule has 2 nitrogen and oxygen atoms in total. The van der Waals surface area contributed by atoms with Gasteiger partial charge in [-0.3, -0.25) is 0 Å². The van der Waals surface area contributed by atoms with Crippen molar-refractivity contribution in [2.45, 2.75) is 50.6 Å². The molecule has 1 aliphatic carbocycles. The van der Waals surface area contributed by atoms with Crippen LogP contribution in [0.1, 0.15) is 39.0 Å². The van der Waals surface area contributed by atoms with Gasteiger partial charge in [0.1, 0.15) is 11.6 Å². The summed E-state index contributed by atoms with van der Waals surface area (Å²) in [5.41, 5.74) is 0.597. The van der Waals surface area contributed by atoms with Gasteiger partial charge in [-0.2, -0.15) is 0 Å². The molecule has 116 valence electrons. The Labute approximate surface area is 133 Å². The van der Waals surface area contributed by atoms with Crippen LogP contribution in [0, 0.1) is 11.6 Å². The lowest BCUT2D eigenvalue weighted by Gasteiger charge is -2.50. The van der Waals surface area contributed by atoms with Gasteiger partial charge in [0.05, 0.1) is 10.2 Å². The van der Waals surface area contributed by atoms with E-state index in [2.05, 4.69) is 33.1 Å². The first-order valence-electron chi connectivity index (χ1n) is 7.67. The van der Waals surface area contributed by atoms with Crippen LogP contribution < -0.4 is 10.2 Å². The molecule has 2 fully saturated rings. The highest BCUT2D eigenvalue weighted by atomic mass is 79.9. The second-order valence-electron chi connectivity index (χ2n) is 6.42. The molecule has 0 aromatic heterocycles. The lowest BCUT2D eigenvalue weighted by molar-refractivity contribution is 0.200. The van der Waals surface area contributed by atoms with Crippen LogP contribution in [-0.4, -0.2) is 24.7 Å². The molecule has 1 saturated heterocycles. The normalized spacial score (nSPS) is 25.3. The van der Waals surface area contributed by atoms with E-state index in [9.17, 15) is 8.78 Å². The molecule has 1 aromatic carbocycles. The number of halogens is 3. The quantitative estimate of drug-likeness (QED) is 0.755. The van der Waals surface area contributed by atoms with Crippen molar-refractivity contribution in [2.24, 2.45) is 0 Å². The third-order valence-corrected chi connectivity index (χ3v) is 5.50. The molecule has 21 heavy (non-hydrogen) atoms. The Balaban J connectivity index is 1.90. The Kier molecular flexibility index (Phi) is 4.23. The number of benzene rings is 1. The first-order chi connectivity index (χ1) is 10.0. The van der Waals surface area contributed by atoms with Crippen LogP contribution in [0.4, 0.5) is 14.5 Å². The van der Waals surface area contributed by atoms with Gasteiger partial charge in [0.15, 0.2) is 0 Å². The van der Waals surface area contributed by atoms with Crippen molar-refractivity contribution in [2.75, 3.05) is 18.0 Å². The van der Waals surface area contributed by atoms with Crippen LogP contribution in [0.15, 0.2) is 16.6 Å². The molecule has 2 aliphatic rings. The molecule has 0 radical (unpaired) electrons. The molecular weight excluding hydrogens is 338 g/mol. The van der Waals surface area contributed by atoms with E-state index in [1.54, 1.807) is 6.07 Å². The van der Waals surface area contributed by atoms with Crippen molar-refractivity contribution in [1.29, 1.82) is 0 Å². The highest BCUT2D eigenvalue weighted by Crippen LogP contribution is 2.36. The van der Waals surface area contributed by atoms with E-state index in [0.29, 0.717) is 10.2 Å². The molecule has 1 unspecified atom stereocenters. The maximum Gasteiger partial charge on any atom is 0.149 e. The van der Waals surface area contributed by atoms with E-state index in [4.69, 9.17) is 0 Å². The van der Waals surface area contributed by atoms with Crippen LogP contribution >= 0.6 is 15.9 Å². The minimum Gasteiger partial charge on any atom is -0.363 e. The highest BCUT2D eigenvalue weighted by molar-refractivity contribution is 9.10. The van der Waals surface area contributed by atoms with E-state index in [1.165, 1.54) is 19.3 Å². The standard InChI is InChI=1S/C16H21BrF2N2/c1-11-9-20-16(5-3-2-4-6-16)10-21(11)15-7-12(17)13(18)8-14(15)19/h7-8,11,20H,2-6,9-10H2,1H3. The van der Waals surface area contributed by atoms with Crippen molar-refractivity contribution in [3.63, 3.8) is 0 Å². The summed E-state index contributed by atoms with van der Waals surface area (Å²) in [4.78, 5) is 2.10. The lowest BCUT2D eigenvalue weighted by Crippen LogP contribution is -2.64. The van der Waals surface area contributed by atoms with E-state index < -0.39 is 11.6 Å². The van der Waals surface area contributed by atoms with Crippen LogP contribution in [0.3, 0.4) is 0 Å². The van der Waals surface area contributed by atoms with Crippen molar-refractivity contribution in [3.8, 4) is 0 Å². The van der Waals surface area contributed by atoms with Crippen LogP contribution in [-0.2, 0) is 0 Å². The molecule has 1 atom stereocenters. The first-order valence-corrected chi connectivity index (χ1v) is 8.46. The summed E-state index contributed by atoms with van der Waals surface area (Å²) < 4.78 is 28.0. The predicted molar refractivity (Wildman–Crippen MR) is 84.7 cm³/mol. The molecule has 1 heterocycles. The van der Waals surface area contributed by atoms with Crippen molar-refractivity contribution in [1.82, 2.24) is 5.32 Å². The van der Waals surface area contributed by atoms with E-state index in [0.717, 1.165) is 32.0 Å². The van der Waals surface area contributed by atoms with E-state index in [-0.39, 0.29) is 11.6 Å². The van der Waals surface area contributed by atoms with Gasteiger partial charge in [0.2, 0.25) is 0 Å². The average Bonchev–Trinajstić information content (AvgIpc) is 2.47. The molecule has 1 N–H and O–H groups in total.